The number of aromatic nitrogens is 1. The van der Waals surface area contributed by atoms with Crippen molar-refractivity contribution in [3.8, 4) is 0 Å². The monoisotopic (exact) mass is 224 g/mol. The number of likely N-dealkylation sites (N-methyl/N-ethyl adjacent to an activating group) is 1. The number of amidine groups is 1. The molecule has 0 aromatic carbocycles. The van der Waals surface area contributed by atoms with Gasteiger partial charge in [-0.05, 0) is 0 Å². The summed E-state index contributed by atoms with van der Waals surface area (Å²) >= 11 is 0. The Labute approximate surface area is 91.2 Å². The molecule has 1 aromatic rings. The molecule has 0 aliphatic heterocycles. The van der Waals surface area contributed by atoms with Crippen molar-refractivity contribution in [2.24, 2.45) is 10.9 Å². The van der Waals surface area contributed by atoms with E-state index in [1.807, 2.05) is 0 Å². The summed E-state index contributed by atoms with van der Waals surface area (Å²) in [4.78, 5) is 26.9. The summed E-state index contributed by atoms with van der Waals surface area (Å²) in [5.41, 5.74) is 4.88. The Hall–Kier alpha value is -2.31. The number of amides is 1. The van der Waals surface area contributed by atoms with Crippen LogP contribution in [0.25, 0.3) is 0 Å². The van der Waals surface area contributed by atoms with Gasteiger partial charge in [-0.1, -0.05) is 5.16 Å². The Morgan fingerprint density at radius 3 is 2.94 bits per heavy atom. The van der Waals surface area contributed by atoms with E-state index in [1.165, 1.54) is 30.4 Å². The number of nitrogens with two attached hydrogens (primary N) is 1. The lowest BCUT2D eigenvalue weighted by atomic mass is 10.2. The first-order valence-corrected chi connectivity index (χ1v) is 4.45. The largest absolute Gasteiger partial charge is 0.409 e. The van der Waals surface area contributed by atoms with Gasteiger partial charge in [-0.15, -0.1) is 0 Å². The van der Waals surface area contributed by atoms with Crippen LogP contribution in [0.2, 0.25) is 0 Å². The Morgan fingerprint density at radius 1 is 1.69 bits per heavy atom. The summed E-state index contributed by atoms with van der Waals surface area (Å²) in [5, 5.41) is 11.1. The molecule has 1 aromatic heterocycles. The number of rotatable bonds is 3. The summed E-state index contributed by atoms with van der Waals surface area (Å²) < 4.78 is 0. The first-order valence-electron chi connectivity index (χ1n) is 4.45. The average Bonchev–Trinajstić information content (AvgIpc) is 2.28. The number of nitrogens with one attached hydrogen (secondary N) is 1. The molecule has 0 spiro atoms. The van der Waals surface area contributed by atoms with Gasteiger partial charge in [0.25, 0.3) is 5.91 Å². The van der Waals surface area contributed by atoms with Crippen LogP contribution in [0, 0.1) is 0 Å². The number of oxime groups is 1. The Morgan fingerprint density at radius 2 is 2.38 bits per heavy atom. The van der Waals surface area contributed by atoms with E-state index in [0.717, 1.165) is 0 Å². The maximum Gasteiger partial charge on any atom is 0.259 e. The van der Waals surface area contributed by atoms with Gasteiger partial charge < -0.3 is 20.8 Å². The van der Waals surface area contributed by atoms with E-state index in [-0.39, 0.29) is 23.4 Å². The van der Waals surface area contributed by atoms with E-state index in [2.05, 4.69) is 10.1 Å². The highest BCUT2D eigenvalue weighted by molar-refractivity contribution is 5.96. The first-order chi connectivity index (χ1) is 7.56. The number of nitrogens with zero attached hydrogens (tertiary/aromatic N) is 2. The lowest BCUT2D eigenvalue weighted by molar-refractivity contribution is 0.0812. The molecule has 0 radical (unpaired) electrons. The van der Waals surface area contributed by atoms with E-state index >= 15 is 0 Å². The van der Waals surface area contributed by atoms with Crippen LogP contribution in [0.1, 0.15) is 10.4 Å². The third-order valence-corrected chi connectivity index (χ3v) is 1.93. The molecular weight excluding hydrogens is 212 g/mol. The van der Waals surface area contributed by atoms with Crippen LogP contribution in [0.3, 0.4) is 0 Å². The van der Waals surface area contributed by atoms with Gasteiger partial charge in [-0.3, -0.25) is 9.59 Å². The molecule has 0 unspecified atom stereocenters. The maximum absolute atomic E-state index is 11.7. The normalized spacial score (nSPS) is 11.2. The summed E-state index contributed by atoms with van der Waals surface area (Å²) in [7, 11) is 1.45. The van der Waals surface area contributed by atoms with Crippen LogP contribution in [0.4, 0.5) is 0 Å². The molecule has 0 fully saturated rings. The highest BCUT2D eigenvalue weighted by Gasteiger charge is 2.15. The van der Waals surface area contributed by atoms with Crippen molar-refractivity contribution in [3.05, 3.63) is 34.2 Å². The van der Waals surface area contributed by atoms with E-state index in [0.29, 0.717) is 0 Å². The third-order valence-electron chi connectivity index (χ3n) is 1.93. The zero-order chi connectivity index (χ0) is 12.1. The van der Waals surface area contributed by atoms with Gasteiger partial charge in [0.1, 0.15) is 5.56 Å². The molecule has 0 aliphatic carbocycles. The topological polar surface area (TPSA) is 112 Å². The molecule has 0 bridgehead atoms. The number of carbonyl (C=O) groups is 1. The highest BCUT2D eigenvalue weighted by Crippen LogP contribution is 1.95. The minimum absolute atomic E-state index is 0.00994. The van der Waals surface area contributed by atoms with Gasteiger partial charge in [0.15, 0.2) is 11.3 Å². The minimum Gasteiger partial charge on any atom is -0.409 e. The summed E-state index contributed by atoms with van der Waals surface area (Å²) in [6.45, 7) is -0.0519. The highest BCUT2D eigenvalue weighted by atomic mass is 16.4. The number of hydrogen-bond acceptors (Lipinski definition) is 4. The van der Waals surface area contributed by atoms with E-state index in [4.69, 9.17) is 10.9 Å². The molecule has 0 saturated heterocycles. The fourth-order valence-corrected chi connectivity index (χ4v) is 1.14. The van der Waals surface area contributed by atoms with Gasteiger partial charge >= 0.3 is 0 Å². The zero-order valence-electron chi connectivity index (χ0n) is 8.67. The number of pyridine rings is 1. The molecule has 0 atom stereocenters. The van der Waals surface area contributed by atoms with E-state index in [9.17, 15) is 9.59 Å². The number of H-pyrrole nitrogens is 1. The van der Waals surface area contributed by atoms with E-state index < -0.39 is 5.91 Å². The van der Waals surface area contributed by atoms with Crippen molar-refractivity contribution < 1.29 is 10.0 Å². The number of aromatic amines is 1. The smallest absolute Gasteiger partial charge is 0.259 e. The third kappa shape index (κ3) is 2.59. The second kappa shape index (κ2) is 4.96. The molecule has 4 N–H and O–H groups in total. The molecule has 1 heterocycles. The van der Waals surface area contributed by atoms with Crippen molar-refractivity contribution in [2.75, 3.05) is 13.6 Å². The van der Waals surface area contributed by atoms with Crippen LogP contribution in [0.15, 0.2) is 28.4 Å². The maximum atomic E-state index is 11.7. The van der Waals surface area contributed by atoms with Crippen LogP contribution >= 0.6 is 0 Å². The SMILES string of the molecule is CN(C/C(N)=N/O)C(=O)c1c[nH]ccc1=O. The van der Waals surface area contributed by atoms with Crippen molar-refractivity contribution in [1.82, 2.24) is 9.88 Å². The Kier molecular flexibility index (Phi) is 3.65. The quantitative estimate of drug-likeness (QED) is 0.270. The second-order valence-corrected chi connectivity index (χ2v) is 3.17. The second-order valence-electron chi connectivity index (χ2n) is 3.17. The van der Waals surface area contributed by atoms with E-state index in [1.54, 1.807) is 0 Å². The van der Waals surface area contributed by atoms with Crippen LogP contribution in [-0.2, 0) is 0 Å². The lowest BCUT2D eigenvalue weighted by Crippen LogP contribution is -2.37. The Bertz CT molecular complexity index is 466. The fraction of sp³-hybridized carbons (Fsp3) is 0.222. The molecule has 1 amide bonds. The summed E-state index contributed by atoms with van der Waals surface area (Å²) in [6, 6.07) is 1.25. The summed E-state index contributed by atoms with van der Waals surface area (Å²) in [5.74, 6) is -0.600. The number of hydrogen-bond donors (Lipinski definition) is 3. The first kappa shape index (κ1) is 11.8. The Balaban J connectivity index is 2.87. The van der Waals surface area contributed by atoms with Gasteiger partial charge in [0, 0.05) is 25.5 Å². The van der Waals surface area contributed by atoms with Gasteiger partial charge in [0.05, 0.1) is 6.54 Å². The van der Waals surface area contributed by atoms with Crippen molar-refractivity contribution >= 4 is 11.7 Å². The fourth-order valence-electron chi connectivity index (χ4n) is 1.14. The average molecular weight is 224 g/mol. The molecule has 0 aliphatic rings. The molecule has 0 saturated carbocycles. The number of carbonyl (C=O) groups excluding carboxylic acids is 1. The lowest BCUT2D eigenvalue weighted by Gasteiger charge is -2.15. The molecular formula is C9H12N4O3. The molecule has 16 heavy (non-hydrogen) atoms. The van der Waals surface area contributed by atoms with Crippen molar-refractivity contribution in [3.63, 3.8) is 0 Å². The molecule has 1 rings (SSSR count). The predicted octanol–water partition coefficient (Wildman–Crippen LogP) is -0.807. The van der Waals surface area contributed by atoms with Crippen LogP contribution < -0.4 is 11.2 Å². The predicted molar refractivity (Wildman–Crippen MR) is 57.4 cm³/mol. The minimum atomic E-state index is -0.492. The molecule has 86 valence electrons. The zero-order valence-corrected chi connectivity index (χ0v) is 8.67. The molecule has 7 nitrogen and oxygen atoms in total. The van der Waals surface area contributed by atoms with Gasteiger partial charge in [-0.25, -0.2) is 0 Å². The van der Waals surface area contributed by atoms with Crippen LogP contribution in [0.5, 0.6) is 0 Å². The van der Waals surface area contributed by atoms with Gasteiger partial charge in [-0.2, -0.15) is 0 Å². The van der Waals surface area contributed by atoms with Crippen molar-refractivity contribution in [1.29, 1.82) is 0 Å². The molecule has 7 heteroatoms. The summed E-state index contributed by atoms with van der Waals surface area (Å²) in [6.07, 6.45) is 2.75. The van der Waals surface area contributed by atoms with Gasteiger partial charge in [0.2, 0.25) is 0 Å². The van der Waals surface area contributed by atoms with Crippen LogP contribution in [-0.4, -0.2) is 40.4 Å². The van der Waals surface area contributed by atoms with Crippen molar-refractivity contribution in [2.45, 2.75) is 0 Å². The standard InChI is InChI=1S/C9H12N4O3/c1-13(5-8(10)12-16)9(15)6-4-11-3-2-7(6)14/h2-4,16H,5H2,1H3,(H2,10,12)(H,11,14).